The molecule has 14 nitrogen and oxygen atoms in total. The van der Waals surface area contributed by atoms with Gasteiger partial charge in [0.2, 0.25) is 11.1 Å². The third kappa shape index (κ3) is 5.03. The second-order valence-electron chi connectivity index (χ2n) is 9.52. The maximum atomic E-state index is 13.5. The Balaban J connectivity index is 1.19. The zero-order valence-corrected chi connectivity index (χ0v) is 24.5. The Hall–Kier alpha value is -4.22. The minimum absolute atomic E-state index is 0.0549. The Morgan fingerprint density at radius 3 is 2.76 bits per heavy atom. The number of carbonyl (C=O) groups is 4. The number of hydrogen-bond donors (Lipinski definition) is 5. The van der Waals surface area contributed by atoms with Crippen LogP contribution in [0.2, 0.25) is 0 Å². The van der Waals surface area contributed by atoms with Gasteiger partial charge >= 0.3 is 5.97 Å². The van der Waals surface area contributed by atoms with E-state index in [-0.39, 0.29) is 16.8 Å². The highest BCUT2D eigenvalue weighted by Crippen LogP contribution is 2.43. The van der Waals surface area contributed by atoms with E-state index >= 15 is 0 Å². The lowest BCUT2D eigenvalue weighted by molar-refractivity contribution is -0.151. The number of thioether (sulfide) groups is 2. The highest BCUT2D eigenvalue weighted by atomic mass is 32.2. The molecule has 6 rings (SSSR count). The molecule has 3 aromatic heterocycles. The van der Waals surface area contributed by atoms with Crippen LogP contribution >= 0.6 is 34.9 Å². The average Bonchev–Trinajstić information content (AvgIpc) is 3.76. The molecule has 1 aromatic carbocycles. The number of hydrogen-bond acceptors (Lipinski definition) is 11. The number of para-hydroxylation sites is 1. The number of tetrazole rings is 1. The van der Waals surface area contributed by atoms with E-state index < -0.39 is 41.1 Å². The molecule has 3 unspecified atom stereocenters. The van der Waals surface area contributed by atoms with Gasteiger partial charge in [0, 0.05) is 15.9 Å². The summed E-state index contributed by atoms with van der Waals surface area (Å²) in [5.74, 6) is -2.57. The number of amides is 3. The monoisotopic (exact) mass is 625 g/mol. The number of benzene rings is 1. The van der Waals surface area contributed by atoms with Crippen LogP contribution in [0.25, 0.3) is 11.0 Å². The number of aromatic nitrogens is 6. The normalized spacial score (nSPS) is 19.7. The summed E-state index contributed by atoms with van der Waals surface area (Å²) in [4.78, 5) is 61.4. The molecule has 2 aliphatic heterocycles. The molecular formula is C25H23N9O5S3. The fourth-order valence-corrected chi connectivity index (χ4v) is 8.03. The molecule has 5 heterocycles. The molecule has 0 spiro atoms. The van der Waals surface area contributed by atoms with E-state index in [1.165, 1.54) is 39.8 Å². The predicted octanol–water partition coefficient (Wildman–Crippen LogP) is 1.84. The van der Waals surface area contributed by atoms with Crippen LogP contribution in [-0.2, 0) is 14.4 Å². The van der Waals surface area contributed by atoms with Gasteiger partial charge in [0.15, 0.2) is 5.82 Å². The van der Waals surface area contributed by atoms with Gasteiger partial charge in [-0.3, -0.25) is 19.3 Å². The number of nitrogens with one attached hydrogen (secondary N) is 4. The summed E-state index contributed by atoms with van der Waals surface area (Å²) in [6, 6.07) is 6.94. The maximum Gasteiger partial charge on any atom is 0.352 e. The van der Waals surface area contributed by atoms with Crippen LogP contribution in [0.5, 0.6) is 0 Å². The number of aliphatic carboxylic acids is 1. The standard InChI is InChI=1S/C25H23N9O5S3/c1-10-5-3-6-13-15(10)27-19(26-13)21(36)28-16(14-7-4-8-40-14)20(35)29-17-22(37)34-18(24(38)39)12(9-41-23(17)34)11(2)42-25-30-32-33-31-25/h3-8,11,16-17,23H,9H2,1-2H3,(H,26,27)(H,28,36)(H,29,35)(H,38,39)(H,30,31,32,33)/t11?,16?,17?,23-/m0/s1. The summed E-state index contributed by atoms with van der Waals surface area (Å²) in [7, 11) is 0. The van der Waals surface area contributed by atoms with E-state index in [0.717, 1.165) is 5.56 Å². The van der Waals surface area contributed by atoms with Crippen molar-refractivity contribution in [2.24, 2.45) is 0 Å². The zero-order chi connectivity index (χ0) is 29.5. The van der Waals surface area contributed by atoms with Gasteiger partial charge in [-0.25, -0.2) is 14.9 Å². The van der Waals surface area contributed by atoms with E-state index in [1.807, 2.05) is 32.0 Å². The smallest absolute Gasteiger partial charge is 0.352 e. The number of aromatic amines is 2. The summed E-state index contributed by atoms with van der Waals surface area (Å²) in [5, 5.41) is 30.3. The van der Waals surface area contributed by atoms with Crippen molar-refractivity contribution in [2.45, 2.75) is 41.7 Å². The van der Waals surface area contributed by atoms with Crippen molar-refractivity contribution < 1.29 is 24.3 Å². The fourth-order valence-electron chi connectivity index (χ4n) is 4.83. The summed E-state index contributed by atoms with van der Waals surface area (Å²) >= 11 is 3.88. The van der Waals surface area contributed by atoms with Crippen LogP contribution in [-0.4, -0.2) is 86.7 Å². The molecule has 2 aliphatic rings. The third-order valence-electron chi connectivity index (χ3n) is 6.90. The minimum Gasteiger partial charge on any atom is -0.477 e. The Kier molecular flexibility index (Phi) is 7.46. The van der Waals surface area contributed by atoms with E-state index in [4.69, 9.17) is 0 Å². The van der Waals surface area contributed by atoms with Crippen LogP contribution in [0.15, 0.2) is 52.1 Å². The Morgan fingerprint density at radius 2 is 2.07 bits per heavy atom. The van der Waals surface area contributed by atoms with Crippen molar-refractivity contribution >= 4 is 69.6 Å². The first kappa shape index (κ1) is 27.9. The number of H-pyrrole nitrogens is 2. The van der Waals surface area contributed by atoms with Crippen LogP contribution in [0.4, 0.5) is 0 Å². The van der Waals surface area contributed by atoms with Gasteiger partial charge in [0.05, 0.1) is 11.0 Å². The first-order chi connectivity index (χ1) is 20.2. The van der Waals surface area contributed by atoms with Gasteiger partial charge in [-0.05, 0) is 52.9 Å². The molecule has 4 aromatic rings. The van der Waals surface area contributed by atoms with Gasteiger partial charge < -0.3 is 20.7 Å². The number of carboxylic acids is 1. The number of nitrogens with zero attached hydrogens (tertiary/aromatic N) is 5. The topological polar surface area (TPSA) is 199 Å². The third-order valence-corrected chi connectivity index (χ3v) is 10.2. The quantitative estimate of drug-likeness (QED) is 0.134. The summed E-state index contributed by atoms with van der Waals surface area (Å²) in [6.45, 7) is 3.70. The van der Waals surface area contributed by atoms with Crippen molar-refractivity contribution in [1.82, 2.24) is 46.1 Å². The molecule has 0 aliphatic carbocycles. The van der Waals surface area contributed by atoms with E-state index in [2.05, 4.69) is 41.2 Å². The van der Waals surface area contributed by atoms with Crippen molar-refractivity contribution in [3.05, 3.63) is 63.2 Å². The Bertz CT molecular complexity index is 1720. The first-order valence-electron chi connectivity index (χ1n) is 12.6. The molecule has 1 saturated heterocycles. The molecule has 216 valence electrons. The summed E-state index contributed by atoms with van der Waals surface area (Å²) < 4.78 is 0. The van der Waals surface area contributed by atoms with Crippen molar-refractivity contribution in [1.29, 1.82) is 0 Å². The number of β-lactam (4-membered cyclic amide) rings is 1. The highest BCUT2D eigenvalue weighted by Gasteiger charge is 2.55. The minimum atomic E-state index is -1.23. The second kappa shape index (κ2) is 11.2. The highest BCUT2D eigenvalue weighted by molar-refractivity contribution is 8.01. The molecular weight excluding hydrogens is 603 g/mol. The van der Waals surface area contributed by atoms with Gasteiger partial charge in [-0.15, -0.1) is 28.2 Å². The molecule has 17 heteroatoms. The summed E-state index contributed by atoms with van der Waals surface area (Å²) in [5.41, 5.74) is 2.69. The molecule has 5 N–H and O–H groups in total. The zero-order valence-electron chi connectivity index (χ0n) is 22.0. The van der Waals surface area contributed by atoms with Crippen molar-refractivity contribution in [3.63, 3.8) is 0 Å². The van der Waals surface area contributed by atoms with E-state index in [0.29, 0.717) is 32.4 Å². The molecule has 0 bridgehead atoms. The SMILES string of the molecule is Cc1cccc2[nH]c(C(=O)NC(C(=O)NC3C(=O)N4C(C(=O)O)=C(C(C)Sc5nnn[nH]5)CS[C@@H]34)c3cccs3)nc12. The number of thiophene rings is 1. The largest absolute Gasteiger partial charge is 0.477 e. The van der Waals surface area contributed by atoms with Crippen LogP contribution in [0, 0.1) is 6.92 Å². The van der Waals surface area contributed by atoms with Crippen LogP contribution in [0.3, 0.4) is 0 Å². The molecule has 1 fully saturated rings. The van der Waals surface area contributed by atoms with Gasteiger partial charge in [0.1, 0.15) is 23.2 Å². The van der Waals surface area contributed by atoms with Gasteiger partial charge in [0.25, 0.3) is 11.8 Å². The number of carboxylic acid groups (broad SMARTS) is 1. The first-order valence-corrected chi connectivity index (χ1v) is 15.4. The molecule has 42 heavy (non-hydrogen) atoms. The van der Waals surface area contributed by atoms with Crippen molar-refractivity contribution in [3.8, 4) is 0 Å². The molecule has 3 amide bonds. The van der Waals surface area contributed by atoms with Crippen molar-refractivity contribution in [2.75, 3.05) is 5.75 Å². The number of carbonyl (C=O) groups excluding carboxylic acids is 3. The Morgan fingerprint density at radius 1 is 1.24 bits per heavy atom. The lowest BCUT2D eigenvalue weighted by Crippen LogP contribution is -2.71. The average molecular weight is 626 g/mol. The number of aryl methyl sites for hydroxylation is 1. The second-order valence-corrected chi connectivity index (χ2v) is 12.9. The summed E-state index contributed by atoms with van der Waals surface area (Å²) in [6.07, 6.45) is 0. The fraction of sp³-hybridized carbons (Fsp3) is 0.280. The van der Waals surface area contributed by atoms with E-state index in [1.54, 1.807) is 17.5 Å². The van der Waals surface area contributed by atoms with Gasteiger partial charge in [-0.1, -0.05) is 30.0 Å². The number of imidazole rings is 1. The van der Waals surface area contributed by atoms with Gasteiger partial charge in [-0.2, -0.15) is 0 Å². The predicted molar refractivity (Wildman–Crippen MR) is 155 cm³/mol. The lowest BCUT2D eigenvalue weighted by Gasteiger charge is -2.50. The molecule has 0 saturated carbocycles. The maximum absolute atomic E-state index is 13.5. The molecule has 0 radical (unpaired) electrons. The van der Waals surface area contributed by atoms with Crippen LogP contribution in [0.1, 0.15) is 34.0 Å². The Labute approximate surface area is 250 Å². The van der Waals surface area contributed by atoms with E-state index in [9.17, 15) is 24.3 Å². The number of rotatable bonds is 9. The molecule has 4 atom stereocenters. The lowest BCUT2D eigenvalue weighted by atomic mass is 10.0. The van der Waals surface area contributed by atoms with Crippen LogP contribution < -0.4 is 10.6 Å². The number of fused-ring (bicyclic) bond motifs is 2.